The number of H-pyrrole nitrogens is 1. The minimum atomic E-state index is -0.459. The molecule has 8 nitrogen and oxygen atoms in total. The molecule has 0 unspecified atom stereocenters. The lowest BCUT2D eigenvalue weighted by atomic mass is 9.98. The summed E-state index contributed by atoms with van der Waals surface area (Å²) in [5.41, 5.74) is 5.10. The fraction of sp³-hybridized carbons (Fsp3) is 0.0952. The lowest BCUT2D eigenvalue weighted by Gasteiger charge is -2.11. The van der Waals surface area contributed by atoms with Crippen molar-refractivity contribution in [3.05, 3.63) is 70.2 Å². The summed E-state index contributed by atoms with van der Waals surface area (Å²) in [5, 5.41) is 16.3. The Morgan fingerprint density at radius 2 is 2.07 bits per heavy atom. The van der Waals surface area contributed by atoms with E-state index >= 15 is 0 Å². The van der Waals surface area contributed by atoms with E-state index in [1.807, 2.05) is 0 Å². The van der Waals surface area contributed by atoms with E-state index in [0.717, 1.165) is 5.56 Å². The van der Waals surface area contributed by atoms with E-state index in [9.17, 15) is 9.59 Å². The molecule has 2 aromatic heterocycles. The Labute approximate surface area is 175 Å². The van der Waals surface area contributed by atoms with Crippen LogP contribution in [0.5, 0.6) is 0 Å². The van der Waals surface area contributed by atoms with E-state index in [2.05, 4.69) is 31.7 Å². The van der Waals surface area contributed by atoms with Gasteiger partial charge in [0.1, 0.15) is 5.69 Å². The largest absolute Gasteiger partial charge is 0.324 e. The maximum atomic E-state index is 12.6. The molecule has 0 spiro atoms. The summed E-state index contributed by atoms with van der Waals surface area (Å²) in [6.07, 6.45) is 0. The van der Waals surface area contributed by atoms with E-state index in [1.54, 1.807) is 60.3 Å². The van der Waals surface area contributed by atoms with Crippen LogP contribution in [0, 0.1) is 11.3 Å². The van der Waals surface area contributed by atoms with Gasteiger partial charge in [0, 0.05) is 11.1 Å². The molecule has 0 aliphatic carbocycles. The Morgan fingerprint density at radius 1 is 1.20 bits per heavy atom. The Hall–Kier alpha value is -4.03. The molecule has 9 heteroatoms. The van der Waals surface area contributed by atoms with Gasteiger partial charge in [0.2, 0.25) is 11.9 Å². The fourth-order valence-electron chi connectivity index (χ4n) is 2.92. The van der Waals surface area contributed by atoms with Gasteiger partial charge in [-0.1, -0.05) is 12.1 Å². The lowest BCUT2D eigenvalue weighted by molar-refractivity contribution is -0.117. The van der Waals surface area contributed by atoms with Gasteiger partial charge in [-0.15, -0.1) is 11.3 Å². The zero-order chi connectivity index (χ0) is 21.1. The number of nitrogens with one attached hydrogen (secondary N) is 3. The Kier molecular flexibility index (Phi) is 5.24. The second-order valence-corrected chi connectivity index (χ2v) is 7.31. The minimum absolute atomic E-state index is 0.249. The molecule has 2 heterocycles. The number of benzene rings is 2. The molecule has 0 aliphatic heterocycles. The molecule has 4 rings (SSSR count). The molecule has 2 aromatic carbocycles. The van der Waals surface area contributed by atoms with Gasteiger partial charge in [0.25, 0.3) is 5.91 Å². The van der Waals surface area contributed by atoms with Crippen LogP contribution in [-0.4, -0.2) is 26.8 Å². The third-order valence-corrected chi connectivity index (χ3v) is 5.14. The first-order valence-electron chi connectivity index (χ1n) is 9.04. The quantitative estimate of drug-likeness (QED) is 0.455. The second kappa shape index (κ2) is 8.14. The van der Waals surface area contributed by atoms with Crippen molar-refractivity contribution in [2.24, 2.45) is 0 Å². The molecule has 148 valence electrons. The molecule has 2 amide bonds. The SMILES string of the molecule is C[C@H](C(=O)Nc1nc2ccc(NC(=O)c3cscn3)cc2[nH]1)c1cccc(C#N)c1. The third-order valence-electron chi connectivity index (χ3n) is 4.56. The predicted molar refractivity (Wildman–Crippen MR) is 114 cm³/mol. The number of imidazole rings is 1. The van der Waals surface area contributed by atoms with Gasteiger partial charge >= 0.3 is 0 Å². The molecular formula is C21H16N6O2S. The van der Waals surface area contributed by atoms with Crippen LogP contribution in [0.4, 0.5) is 11.6 Å². The number of hydrogen-bond donors (Lipinski definition) is 3. The summed E-state index contributed by atoms with van der Waals surface area (Å²) in [6.45, 7) is 1.76. The molecule has 30 heavy (non-hydrogen) atoms. The van der Waals surface area contributed by atoms with Crippen LogP contribution in [0.1, 0.15) is 34.5 Å². The number of fused-ring (bicyclic) bond motifs is 1. The first-order valence-corrected chi connectivity index (χ1v) is 9.98. The van der Waals surface area contributed by atoms with Crippen LogP contribution in [0.2, 0.25) is 0 Å². The molecule has 0 bridgehead atoms. The lowest BCUT2D eigenvalue weighted by Crippen LogP contribution is -2.19. The number of anilines is 2. The number of amides is 2. The van der Waals surface area contributed by atoms with Crippen LogP contribution in [0.15, 0.2) is 53.4 Å². The highest BCUT2D eigenvalue weighted by atomic mass is 32.1. The number of carbonyl (C=O) groups excluding carboxylic acids is 2. The standard InChI is InChI=1S/C21H16N6O2S/c1-12(14-4-2-3-13(7-14)9-22)19(28)27-21-25-16-6-5-15(8-17(16)26-21)24-20(29)18-10-30-11-23-18/h2-8,10-12H,1H3,(H,24,29)(H2,25,26,27,28)/t12-/m0/s1. The topological polar surface area (TPSA) is 124 Å². The van der Waals surface area contributed by atoms with Crippen LogP contribution in [0.3, 0.4) is 0 Å². The highest BCUT2D eigenvalue weighted by Gasteiger charge is 2.17. The highest BCUT2D eigenvalue weighted by Crippen LogP contribution is 2.22. The van der Waals surface area contributed by atoms with Crippen LogP contribution in [0.25, 0.3) is 11.0 Å². The molecule has 0 radical (unpaired) electrons. The van der Waals surface area contributed by atoms with Crippen molar-refractivity contribution >= 4 is 45.8 Å². The molecule has 0 fully saturated rings. The van der Waals surface area contributed by atoms with Gasteiger partial charge < -0.3 is 10.3 Å². The van der Waals surface area contributed by atoms with Crippen LogP contribution < -0.4 is 10.6 Å². The number of rotatable bonds is 5. The molecular weight excluding hydrogens is 400 g/mol. The molecule has 3 N–H and O–H groups in total. The van der Waals surface area contributed by atoms with Gasteiger partial charge in [0.15, 0.2) is 0 Å². The average Bonchev–Trinajstić information content (AvgIpc) is 3.42. The van der Waals surface area contributed by atoms with E-state index < -0.39 is 5.92 Å². The average molecular weight is 416 g/mol. The monoisotopic (exact) mass is 416 g/mol. The summed E-state index contributed by atoms with van der Waals surface area (Å²) in [7, 11) is 0. The summed E-state index contributed by atoms with van der Waals surface area (Å²) >= 11 is 1.35. The van der Waals surface area contributed by atoms with Crippen molar-refractivity contribution in [1.29, 1.82) is 5.26 Å². The summed E-state index contributed by atoms with van der Waals surface area (Å²) in [4.78, 5) is 36.2. The molecule has 1 atom stereocenters. The number of nitriles is 1. The zero-order valence-electron chi connectivity index (χ0n) is 15.8. The summed E-state index contributed by atoms with van der Waals surface area (Å²) in [6, 6.07) is 14.2. The Morgan fingerprint density at radius 3 is 2.83 bits per heavy atom. The third kappa shape index (κ3) is 4.04. The number of thiazole rings is 1. The van der Waals surface area contributed by atoms with Crippen molar-refractivity contribution in [3.8, 4) is 6.07 Å². The van der Waals surface area contributed by atoms with Crippen molar-refractivity contribution in [2.75, 3.05) is 10.6 Å². The van der Waals surface area contributed by atoms with E-state index in [-0.39, 0.29) is 11.8 Å². The first-order chi connectivity index (χ1) is 14.5. The maximum absolute atomic E-state index is 12.6. The molecule has 0 saturated carbocycles. The number of nitrogens with zero attached hydrogens (tertiary/aromatic N) is 3. The Bertz CT molecular complexity index is 1270. The fourth-order valence-corrected chi connectivity index (χ4v) is 3.45. The van der Waals surface area contributed by atoms with Gasteiger partial charge in [-0.3, -0.25) is 14.9 Å². The normalized spacial score (nSPS) is 11.6. The van der Waals surface area contributed by atoms with Crippen molar-refractivity contribution in [1.82, 2.24) is 15.0 Å². The number of aromatic amines is 1. The Balaban J connectivity index is 1.48. The highest BCUT2D eigenvalue weighted by molar-refractivity contribution is 7.07. The van der Waals surface area contributed by atoms with Crippen molar-refractivity contribution < 1.29 is 9.59 Å². The van der Waals surface area contributed by atoms with E-state index in [1.165, 1.54) is 11.3 Å². The first kappa shape index (κ1) is 19.3. The molecule has 4 aromatic rings. The second-order valence-electron chi connectivity index (χ2n) is 6.59. The summed E-state index contributed by atoms with van der Waals surface area (Å²) in [5.74, 6) is -0.695. The number of aromatic nitrogens is 3. The van der Waals surface area contributed by atoms with E-state index in [4.69, 9.17) is 5.26 Å². The van der Waals surface area contributed by atoms with Gasteiger partial charge in [-0.05, 0) is 42.8 Å². The van der Waals surface area contributed by atoms with Gasteiger partial charge in [-0.25, -0.2) is 9.97 Å². The zero-order valence-corrected chi connectivity index (χ0v) is 16.7. The van der Waals surface area contributed by atoms with Crippen LogP contribution in [-0.2, 0) is 4.79 Å². The van der Waals surface area contributed by atoms with Gasteiger partial charge in [-0.2, -0.15) is 5.26 Å². The van der Waals surface area contributed by atoms with Gasteiger partial charge in [0.05, 0.1) is 34.1 Å². The van der Waals surface area contributed by atoms with E-state index in [0.29, 0.717) is 33.9 Å². The summed E-state index contributed by atoms with van der Waals surface area (Å²) < 4.78 is 0. The maximum Gasteiger partial charge on any atom is 0.275 e. The van der Waals surface area contributed by atoms with Crippen LogP contribution >= 0.6 is 11.3 Å². The minimum Gasteiger partial charge on any atom is -0.324 e. The van der Waals surface area contributed by atoms with Crippen molar-refractivity contribution in [3.63, 3.8) is 0 Å². The molecule has 0 saturated heterocycles. The molecule has 0 aliphatic rings. The predicted octanol–water partition coefficient (Wildman–Crippen LogP) is 3.89. The number of carbonyl (C=O) groups is 2. The smallest absolute Gasteiger partial charge is 0.275 e. The number of hydrogen-bond acceptors (Lipinski definition) is 6. The van der Waals surface area contributed by atoms with Crippen molar-refractivity contribution in [2.45, 2.75) is 12.8 Å².